The molecule has 0 unspecified atom stereocenters. The molecule has 184 valence electrons. The third-order valence-electron chi connectivity index (χ3n) is 6.16. The summed E-state index contributed by atoms with van der Waals surface area (Å²) in [4.78, 5) is 4.71. The van der Waals surface area contributed by atoms with E-state index in [0.29, 0.717) is 49.0 Å². The van der Waals surface area contributed by atoms with Gasteiger partial charge in [-0.3, -0.25) is 4.68 Å². The Labute approximate surface area is 209 Å². The number of hydrogen-bond donors (Lipinski definition) is 1. The van der Waals surface area contributed by atoms with E-state index in [0.717, 1.165) is 11.1 Å². The average molecular weight is 504 g/mol. The van der Waals surface area contributed by atoms with Crippen LogP contribution in [0.5, 0.6) is 5.88 Å². The van der Waals surface area contributed by atoms with E-state index >= 15 is 0 Å². The molecule has 36 heavy (non-hydrogen) atoms. The molecule has 9 nitrogen and oxygen atoms in total. The van der Waals surface area contributed by atoms with Crippen molar-refractivity contribution in [3.63, 3.8) is 0 Å². The highest BCUT2D eigenvalue weighted by Gasteiger charge is 2.31. The fraction of sp³-hybridized carbons (Fsp3) is 0.269. The lowest BCUT2D eigenvalue weighted by Crippen LogP contribution is -2.30. The number of nitrogens with zero attached hydrogens (tertiary/aromatic N) is 4. The van der Waals surface area contributed by atoms with E-state index in [1.807, 2.05) is 41.1 Å². The lowest BCUT2D eigenvalue weighted by Gasteiger charge is -2.27. The highest BCUT2D eigenvalue weighted by molar-refractivity contribution is 7.90. The van der Waals surface area contributed by atoms with E-state index < -0.39 is 9.84 Å². The molecule has 0 amide bonds. The van der Waals surface area contributed by atoms with Crippen molar-refractivity contribution in [3.8, 4) is 11.9 Å². The van der Waals surface area contributed by atoms with Gasteiger partial charge in [-0.25, -0.2) is 13.4 Å². The Kier molecular flexibility index (Phi) is 6.59. The Bertz CT molecular complexity index is 1510. The summed E-state index contributed by atoms with van der Waals surface area (Å²) in [6.45, 7) is 1.24. The number of benzene rings is 2. The lowest BCUT2D eigenvalue weighted by atomic mass is 9.96. The van der Waals surface area contributed by atoms with Crippen LogP contribution in [0.3, 0.4) is 0 Å². The van der Waals surface area contributed by atoms with Crippen molar-refractivity contribution in [3.05, 3.63) is 72.4 Å². The van der Waals surface area contributed by atoms with Crippen LogP contribution in [-0.2, 0) is 21.2 Å². The maximum Gasteiger partial charge on any atom is 0.227 e. The number of pyridine rings is 1. The van der Waals surface area contributed by atoms with Crippen molar-refractivity contribution in [1.82, 2.24) is 14.8 Å². The van der Waals surface area contributed by atoms with E-state index in [2.05, 4.69) is 16.4 Å². The zero-order chi connectivity index (χ0) is 25.1. The standard InChI is InChI=1S/C26H25N5O4S/c1-36(32,33)21-9-7-20(8-10-21)29-25-24-22(31(30-25)23-17-34-14-12-19(23)15-27)11-13-28-26(24)35-16-18-5-3-2-4-6-18/h2-11,13,19,23H,12,14,16-17H2,1H3,(H,29,30)/t19-,23+/m0/s1. The first-order valence-electron chi connectivity index (χ1n) is 11.5. The molecule has 3 heterocycles. The van der Waals surface area contributed by atoms with Gasteiger partial charge in [-0.2, -0.15) is 10.4 Å². The van der Waals surface area contributed by atoms with E-state index in [9.17, 15) is 13.7 Å². The van der Waals surface area contributed by atoms with Crippen molar-refractivity contribution >= 4 is 32.2 Å². The zero-order valence-electron chi connectivity index (χ0n) is 19.7. The number of nitrogens with one attached hydrogen (secondary N) is 1. The topological polar surface area (TPSA) is 119 Å². The summed E-state index contributed by atoms with van der Waals surface area (Å²) in [5.74, 6) is 0.657. The van der Waals surface area contributed by atoms with Crippen LogP contribution in [0.1, 0.15) is 18.0 Å². The minimum absolute atomic E-state index is 0.230. The Morgan fingerprint density at radius 3 is 2.67 bits per heavy atom. The summed E-state index contributed by atoms with van der Waals surface area (Å²) in [6.07, 6.45) is 3.46. The second-order valence-corrected chi connectivity index (χ2v) is 10.7. The van der Waals surface area contributed by atoms with Gasteiger partial charge in [0.15, 0.2) is 15.7 Å². The van der Waals surface area contributed by atoms with Gasteiger partial charge in [0.2, 0.25) is 5.88 Å². The summed E-state index contributed by atoms with van der Waals surface area (Å²) in [6, 6.07) is 20.2. The van der Waals surface area contributed by atoms with Crippen molar-refractivity contribution in [2.24, 2.45) is 5.92 Å². The molecular formula is C26H25N5O4S. The smallest absolute Gasteiger partial charge is 0.227 e. The second kappa shape index (κ2) is 9.97. The van der Waals surface area contributed by atoms with Crippen LogP contribution in [0, 0.1) is 17.2 Å². The van der Waals surface area contributed by atoms with Gasteiger partial charge in [0.05, 0.1) is 35.0 Å². The Morgan fingerprint density at radius 1 is 1.17 bits per heavy atom. The molecule has 0 bridgehead atoms. The third-order valence-corrected chi connectivity index (χ3v) is 7.28. The number of anilines is 2. The van der Waals surface area contributed by atoms with E-state index in [4.69, 9.17) is 14.6 Å². The molecule has 1 aliphatic heterocycles. The van der Waals surface area contributed by atoms with Crippen molar-refractivity contribution in [1.29, 1.82) is 5.26 Å². The molecule has 2 aromatic heterocycles. The minimum Gasteiger partial charge on any atom is -0.472 e. The monoisotopic (exact) mass is 503 g/mol. The highest BCUT2D eigenvalue weighted by atomic mass is 32.2. The number of fused-ring (bicyclic) bond motifs is 1. The fourth-order valence-electron chi connectivity index (χ4n) is 4.27. The molecule has 1 fully saturated rings. The quantitative estimate of drug-likeness (QED) is 0.397. The molecule has 1 aliphatic rings. The molecule has 0 saturated carbocycles. The Hall–Kier alpha value is -3.94. The molecule has 5 rings (SSSR count). The van der Waals surface area contributed by atoms with Gasteiger partial charge >= 0.3 is 0 Å². The van der Waals surface area contributed by atoms with Crippen molar-refractivity contribution in [2.45, 2.75) is 24.0 Å². The number of ether oxygens (including phenoxy) is 2. The first-order valence-corrected chi connectivity index (χ1v) is 13.4. The largest absolute Gasteiger partial charge is 0.472 e. The summed E-state index contributed by atoms with van der Waals surface area (Å²) >= 11 is 0. The summed E-state index contributed by atoms with van der Waals surface area (Å²) < 4.78 is 37.3. The van der Waals surface area contributed by atoms with Gasteiger partial charge in [-0.15, -0.1) is 0 Å². The number of hydrogen-bond acceptors (Lipinski definition) is 8. The molecular weight excluding hydrogens is 478 g/mol. The first-order chi connectivity index (χ1) is 17.4. The SMILES string of the molecule is CS(=O)(=O)c1ccc(Nc2nn([C@@H]3COCC[C@H]3C#N)c3ccnc(OCc4ccccc4)c23)cc1. The van der Waals surface area contributed by atoms with Gasteiger partial charge < -0.3 is 14.8 Å². The molecule has 0 spiro atoms. The van der Waals surface area contributed by atoms with Crippen LogP contribution in [0.25, 0.3) is 10.9 Å². The van der Waals surface area contributed by atoms with E-state index in [1.54, 1.807) is 30.5 Å². The van der Waals surface area contributed by atoms with Gasteiger partial charge in [0.25, 0.3) is 0 Å². The highest BCUT2D eigenvalue weighted by Crippen LogP contribution is 2.37. The molecule has 0 radical (unpaired) electrons. The summed E-state index contributed by atoms with van der Waals surface area (Å²) in [5.41, 5.74) is 2.42. The number of nitriles is 1. The molecule has 1 N–H and O–H groups in total. The molecule has 2 atom stereocenters. The molecule has 4 aromatic rings. The van der Waals surface area contributed by atoms with Crippen LogP contribution >= 0.6 is 0 Å². The summed E-state index contributed by atoms with van der Waals surface area (Å²) in [5, 5.41) is 18.5. The number of sulfone groups is 1. The van der Waals surface area contributed by atoms with Crippen molar-refractivity contribution in [2.75, 3.05) is 24.8 Å². The maximum atomic E-state index is 11.8. The summed E-state index contributed by atoms with van der Waals surface area (Å²) in [7, 11) is -3.31. The first kappa shape index (κ1) is 23.8. The number of aromatic nitrogens is 3. The predicted molar refractivity (Wildman–Crippen MR) is 135 cm³/mol. The van der Waals surface area contributed by atoms with Crippen LogP contribution in [0.15, 0.2) is 71.8 Å². The van der Waals surface area contributed by atoms with Gasteiger partial charge in [-0.05, 0) is 42.3 Å². The van der Waals surface area contributed by atoms with Gasteiger partial charge in [0.1, 0.15) is 12.0 Å². The molecule has 1 saturated heterocycles. The Morgan fingerprint density at radius 2 is 1.94 bits per heavy atom. The van der Waals surface area contributed by atoms with E-state index in [1.165, 1.54) is 6.26 Å². The zero-order valence-corrected chi connectivity index (χ0v) is 20.5. The fourth-order valence-corrected chi connectivity index (χ4v) is 4.90. The van der Waals surface area contributed by atoms with E-state index in [-0.39, 0.29) is 16.9 Å². The van der Waals surface area contributed by atoms with Crippen LogP contribution in [-0.4, -0.2) is 42.7 Å². The van der Waals surface area contributed by atoms with Crippen molar-refractivity contribution < 1.29 is 17.9 Å². The Balaban J connectivity index is 1.56. The third kappa shape index (κ3) is 4.89. The van der Waals surface area contributed by atoms with Gasteiger partial charge in [-0.1, -0.05) is 30.3 Å². The molecule has 0 aliphatic carbocycles. The molecule has 2 aromatic carbocycles. The predicted octanol–water partition coefficient (Wildman–Crippen LogP) is 4.26. The normalized spacial score (nSPS) is 18.0. The lowest BCUT2D eigenvalue weighted by molar-refractivity contribution is 0.0358. The minimum atomic E-state index is -3.31. The average Bonchev–Trinajstić information content (AvgIpc) is 3.26. The van der Waals surface area contributed by atoms with Crippen LogP contribution in [0.4, 0.5) is 11.5 Å². The second-order valence-electron chi connectivity index (χ2n) is 8.67. The van der Waals surface area contributed by atoms with Crippen LogP contribution < -0.4 is 10.1 Å². The van der Waals surface area contributed by atoms with Gasteiger partial charge in [0, 0.05) is 24.7 Å². The van der Waals surface area contributed by atoms with Crippen LogP contribution in [0.2, 0.25) is 0 Å². The molecule has 10 heteroatoms. The number of rotatable bonds is 7. The maximum absolute atomic E-state index is 11.8.